The van der Waals surface area contributed by atoms with Crippen LogP contribution in [0.25, 0.3) is 0 Å². The van der Waals surface area contributed by atoms with E-state index >= 15 is 0 Å². The van der Waals surface area contributed by atoms with Crippen molar-refractivity contribution in [2.24, 2.45) is 0 Å². The molecule has 1 aromatic rings. The standard InChI is InChI=1S/C13H21FN2O2/c1-16(2)9-11(17)8-15-7-10-4-5-13(18-3)12(14)6-10/h4-6,11,15,17H,7-9H2,1-3H3. The minimum atomic E-state index is -0.428. The number of aliphatic hydroxyl groups is 1. The van der Waals surface area contributed by atoms with Crippen LogP contribution >= 0.6 is 0 Å². The molecule has 0 fully saturated rings. The topological polar surface area (TPSA) is 44.7 Å². The third-order valence-electron chi connectivity index (χ3n) is 2.50. The summed E-state index contributed by atoms with van der Waals surface area (Å²) in [6, 6.07) is 4.83. The first-order valence-corrected chi connectivity index (χ1v) is 5.89. The SMILES string of the molecule is COc1ccc(CNCC(O)CN(C)C)cc1F. The van der Waals surface area contributed by atoms with E-state index in [4.69, 9.17) is 4.74 Å². The van der Waals surface area contributed by atoms with Crippen molar-refractivity contribution in [1.82, 2.24) is 10.2 Å². The summed E-state index contributed by atoms with van der Waals surface area (Å²) in [5.74, 6) is -0.128. The van der Waals surface area contributed by atoms with Gasteiger partial charge in [0.2, 0.25) is 0 Å². The van der Waals surface area contributed by atoms with E-state index in [1.165, 1.54) is 13.2 Å². The van der Waals surface area contributed by atoms with E-state index in [2.05, 4.69) is 5.32 Å². The number of hydrogen-bond acceptors (Lipinski definition) is 4. The van der Waals surface area contributed by atoms with Crippen LogP contribution in [0.15, 0.2) is 18.2 Å². The van der Waals surface area contributed by atoms with Gasteiger partial charge in [0, 0.05) is 19.6 Å². The summed E-state index contributed by atoms with van der Waals surface area (Å²) in [5, 5.41) is 12.7. The summed E-state index contributed by atoms with van der Waals surface area (Å²) in [7, 11) is 5.25. The first-order chi connectivity index (χ1) is 8.52. The quantitative estimate of drug-likeness (QED) is 0.759. The number of likely N-dealkylation sites (N-methyl/N-ethyl adjacent to an activating group) is 1. The maximum absolute atomic E-state index is 13.4. The highest BCUT2D eigenvalue weighted by atomic mass is 19.1. The van der Waals surface area contributed by atoms with Crippen LogP contribution in [0, 0.1) is 5.82 Å². The van der Waals surface area contributed by atoms with Crippen LogP contribution in [0.4, 0.5) is 4.39 Å². The number of methoxy groups -OCH3 is 1. The summed E-state index contributed by atoms with van der Waals surface area (Å²) < 4.78 is 18.2. The van der Waals surface area contributed by atoms with Gasteiger partial charge in [-0.2, -0.15) is 0 Å². The molecule has 1 aromatic carbocycles. The number of ether oxygens (including phenoxy) is 1. The molecule has 102 valence electrons. The summed E-state index contributed by atoms with van der Waals surface area (Å²) >= 11 is 0. The number of hydrogen-bond donors (Lipinski definition) is 2. The van der Waals surface area contributed by atoms with Crippen LogP contribution in [0.2, 0.25) is 0 Å². The highest BCUT2D eigenvalue weighted by Crippen LogP contribution is 2.17. The van der Waals surface area contributed by atoms with E-state index in [0.29, 0.717) is 19.6 Å². The fourth-order valence-corrected chi connectivity index (χ4v) is 1.69. The molecule has 1 atom stereocenters. The van der Waals surface area contributed by atoms with Crippen molar-refractivity contribution in [3.63, 3.8) is 0 Å². The number of aliphatic hydroxyl groups excluding tert-OH is 1. The summed E-state index contributed by atoms with van der Waals surface area (Å²) in [4.78, 5) is 1.92. The fourth-order valence-electron chi connectivity index (χ4n) is 1.69. The smallest absolute Gasteiger partial charge is 0.165 e. The molecule has 2 N–H and O–H groups in total. The maximum atomic E-state index is 13.4. The van der Waals surface area contributed by atoms with Crippen molar-refractivity contribution >= 4 is 0 Å². The Morgan fingerprint density at radius 2 is 2.17 bits per heavy atom. The molecule has 0 bridgehead atoms. The summed E-state index contributed by atoms with van der Waals surface area (Å²) in [5.41, 5.74) is 0.824. The molecule has 0 aliphatic rings. The molecular formula is C13H21FN2O2. The van der Waals surface area contributed by atoms with E-state index < -0.39 is 6.10 Å². The molecule has 0 aliphatic heterocycles. The van der Waals surface area contributed by atoms with E-state index in [1.807, 2.05) is 19.0 Å². The van der Waals surface area contributed by atoms with Crippen LogP contribution in [0.1, 0.15) is 5.56 Å². The van der Waals surface area contributed by atoms with Gasteiger partial charge in [0.15, 0.2) is 11.6 Å². The zero-order valence-electron chi connectivity index (χ0n) is 11.1. The zero-order chi connectivity index (χ0) is 13.5. The van der Waals surface area contributed by atoms with Gasteiger partial charge in [0.25, 0.3) is 0 Å². The molecule has 0 radical (unpaired) electrons. The molecule has 0 aromatic heterocycles. The van der Waals surface area contributed by atoms with Gasteiger partial charge in [-0.05, 0) is 31.8 Å². The molecule has 0 saturated heterocycles. The largest absolute Gasteiger partial charge is 0.494 e. The van der Waals surface area contributed by atoms with E-state index in [1.54, 1.807) is 12.1 Å². The van der Waals surface area contributed by atoms with Gasteiger partial charge in [-0.25, -0.2) is 4.39 Å². The van der Waals surface area contributed by atoms with Crippen molar-refractivity contribution in [2.45, 2.75) is 12.6 Å². The minimum Gasteiger partial charge on any atom is -0.494 e. The molecule has 5 heteroatoms. The number of rotatable bonds is 7. The van der Waals surface area contributed by atoms with Crippen molar-refractivity contribution in [3.8, 4) is 5.75 Å². The van der Waals surface area contributed by atoms with E-state index in [-0.39, 0.29) is 11.6 Å². The molecule has 0 spiro atoms. The molecule has 1 unspecified atom stereocenters. The van der Waals surface area contributed by atoms with Crippen LogP contribution in [0.3, 0.4) is 0 Å². The van der Waals surface area contributed by atoms with Gasteiger partial charge in [0.05, 0.1) is 13.2 Å². The first kappa shape index (κ1) is 14.9. The van der Waals surface area contributed by atoms with Crippen molar-refractivity contribution in [1.29, 1.82) is 0 Å². The molecule has 4 nitrogen and oxygen atoms in total. The van der Waals surface area contributed by atoms with E-state index in [0.717, 1.165) is 5.56 Å². The van der Waals surface area contributed by atoms with Crippen LogP contribution in [-0.2, 0) is 6.54 Å². The van der Waals surface area contributed by atoms with Gasteiger partial charge >= 0.3 is 0 Å². The van der Waals surface area contributed by atoms with Crippen LogP contribution in [-0.4, -0.2) is 50.4 Å². The molecular weight excluding hydrogens is 235 g/mol. The second-order valence-electron chi connectivity index (χ2n) is 4.52. The average Bonchev–Trinajstić information content (AvgIpc) is 2.28. The highest BCUT2D eigenvalue weighted by Gasteiger charge is 2.06. The Morgan fingerprint density at radius 3 is 2.72 bits per heavy atom. The Hall–Kier alpha value is -1.17. The lowest BCUT2D eigenvalue weighted by molar-refractivity contribution is 0.134. The third kappa shape index (κ3) is 5.00. The predicted octanol–water partition coefficient (Wildman–Crippen LogP) is 0.846. The van der Waals surface area contributed by atoms with Gasteiger partial charge in [0.1, 0.15) is 0 Å². The summed E-state index contributed by atoms with van der Waals surface area (Å²) in [6.45, 7) is 1.60. The molecule has 0 amide bonds. The number of halogens is 1. The molecule has 0 aliphatic carbocycles. The molecule has 1 rings (SSSR count). The maximum Gasteiger partial charge on any atom is 0.165 e. The Bertz CT molecular complexity index is 372. The second kappa shape index (κ2) is 7.31. The lowest BCUT2D eigenvalue weighted by Gasteiger charge is -2.16. The second-order valence-corrected chi connectivity index (χ2v) is 4.52. The van der Waals surface area contributed by atoms with Gasteiger partial charge in [-0.15, -0.1) is 0 Å². The fraction of sp³-hybridized carbons (Fsp3) is 0.538. The lowest BCUT2D eigenvalue weighted by atomic mass is 10.2. The zero-order valence-corrected chi connectivity index (χ0v) is 11.1. The monoisotopic (exact) mass is 256 g/mol. The Labute approximate surface area is 107 Å². The van der Waals surface area contributed by atoms with Gasteiger partial charge in [-0.3, -0.25) is 0 Å². The normalized spacial score (nSPS) is 12.8. The van der Waals surface area contributed by atoms with E-state index in [9.17, 15) is 9.50 Å². The number of nitrogens with zero attached hydrogens (tertiary/aromatic N) is 1. The number of benzene rings is 1. The Balaban J connectivity index is 2.37. The molecule has 18 heavy (non-hydrogen) atoms. The Morgan fingerprint density at radius 1 is 1.44 bits per heavy atom. The number of nitrogens with one attached hydrogen (secondary N) is 1. The Kier molecular flexibility index (Phi) is 6.04. The highest BCUT2D eigenvalue weighted by molar-refractivity contribution is 5.29. The molecule has 0 heterocycles. The lowest BCUT2D eigenvalue weighted by Crippen LogP contribution is -2.34. The van der Waals surface area contributed by atoms with Crippen molar-refractivity contribution in [3.05, 3.63) is 29.6 Å². The third-order valence-corrected chi connectivity index (χ3v) is 2.50. The van der Waals surface area contributed by atoms with Crippen molar-refractivity contribution < 1.29 is 14.2 Å². The molecule has 0 saturated carbocycles. The van der Waals surface area contributed by atoms with Gasteiger partial charge in [-0.1, -0.05) is 6.07 Å². The van der Waals surface area contributed by atoms with Crippen LogP contribution in [0.5, 0.6) is 5.75 Å². The van der Waals surface area contributed by atoms with Gasteiger partial charge < -0.3 is 20.1 Å². The first-order valence-electron chi connectivity index (χ1n) is 5.89. The minimum absolute atomic E-state index is 0.242. The van der Waals surface area contributed by atoms with Crippen molar-refractivity contribution in [2.75, 3.05) is 34.3 Å². The van der Waals surface area contributed by atoms with Crippen LogP contribution < -0.4 is 10.1 Å². The summed E-state index contributed by atoms with van der Waals surface area (Å²) in [6.07, 6.45) is -0.428. The average molecular weight is 256 g/mol. The predicted molar refractivity (Wildman–Crippen MR) is 69.2 cm³/mol.